The van der Waals surface area contributed by atoms with E-state index in [-0.39, 0.29) is 23.4 Å². The maximum atomic E-state index is 12.7. The molecule has 2 aromatic carbocycles. The molecule has 2 amide bonds. The van der Waals surface area contributed by atoms with Crippen LogP contribution in [0, 0.1) is 19.7 Å². The first-order chi connectivity index (χ1) is 15.5. The molecule has 178 valence electrons. The molecule has 0 fully saturated rings. The van der Waals surface area contributed by atoms with Gasteiger partial charge in [-0.15, -0.1) is 0 Å². The largest absolute Gasteiger partial charge is 0.508 e. The van der Waals surface area contributed by atoms with E-state index in [1.54, 1.807) is 32.9 Å². The number of likely N-dealkylation sites (N-methyl/N-ethyl adjacent to an activating group) is 1. The Morgan fingerprint density at radius 3 is 2.24 bits per heavy atom. The minimum absolute atomic E-state index is 0.00926. The third kappa shape index (κ3) is 8.10. The molecule has 0 saturated carbocycles. The van der Waals surface area contributed by atoms with Crippen LogP contribution in [-0.2, 0) is 11.0 Å². The highest BCUT2D eigenvalue weighted by molar-refractivity contribution is 5.97. The normalized spacial score (nSPS) is 11.6. The third-order valence-corrected chi connectivity index (χ3v) is 4.47. The van der Waals surface area contributed by atoms with E-state index in [0.717, 1.165) is 18.2 Å². The van der Waals surface area contributed by atoms with Gasteiger partial charge in [0, 0.05) is 24.4 Å². The number of amides is 2. The number of phenolic OH excluding ortho intramolecular Hbond substituents is 1. The molecule has 0 aliphatic heterocycles. The number of benzene rings is 2. The van der Waals surface area contributed by atoms with Crippen LogP contribution in [0.2, 0.25) is 0 Å². The number of aromatic hydroxyl groups is 1. The maximum Gasteiger partial charge on any atom is 0.416 e. The van der Waals surface area contributed by atoms with E-state index < -0.39 is 23.5 Å². The zero-order valence-electron chi connectivity index (χ0n) is 18.7. The predicted octanol–water partition coefficient (Wildman–Crippen LogP) is 5.48. The number of rotatable bonds is 6. The highest BCUT2D eigenvalue weighted by Gasteiger charge is 2.31. The highest BCUT2D eigenvalue weighted by Crippen LogP contribution is 2.31. The molecular weight excluding hydrogens is 440 g/mol. The smallest absolute Gasteiger partial charge is 0.416 e. The molecule has 9 heteroatoms. The lowest BCUT2D eigenvalue weighted by atomic mass is 10.0. The molecule has 2 rings (SSSR count). The molecule has 0 atom stereocenters. The van der Waals surface area contributed by atoms with Crippen LogP contribution in [0.25, 0.3) is 0 Å². The van der Waals surface area contributed by atoms with Crippen molar-refractivity contribution in [3.63, 3.8) is 0 Å². The van der Waals surface area contributed by atoms with Crippen LogP contribution in [0.3, 0.4) is 0 Å². The van der Waals surface area contributed by atoms with Crippen molar-refractivity contribution >= 4 is 12.3 Å². The highest BCUT2D eigenvalue weighted by atomic mass is 19.4. The van der Waals surface area contributed by atoms with Gasteiger partial charge >= 0.3 is 6.18 Å². The van der Waals surface area contributed by atoms with Crippen molar-refractivity contribution in [1.82, 2.24) is 10.2 Å². The van der Waals surface area contributed by atoms with E-state index in [1.165, 1.54) is 36.2 Å². The average Bonchev–Trinajstić information content (AvgIpc) is 2.75. The Balaban J connectivity index is 0.000000502. The zero-order valence-corrected chi connectivity index (χ0v) is 18.7. The van der Waals surface area contributed by atoms with Crippen LogP contribution in [0.15, 0.2) is 60.4 Å². The Morgan fingerprint density at radius 1 is 1.12 bits per heavy atom. The summed E-state index contributed by atoms with van der Waals surface area (Å²) >= 11 is 0. The topological polar surface area (TPSA) is 69.6 Å². The number of alkyl halides is 3. The van der Waals surface area contributed by atoms with Gasteiger partial charge in [-0.1, -0.05) is 12.1 Å². The molecule has 5 nitrogen and oxygen atoms in total. The lowest BCUT2D eigenvalue weighted by Crippen LogP contribution is -2.31. The van der Waals surface area contributed by atoms with Gasteiger partial charge in [-0.2, -0.15) is 13.2 Å². The number of phenols is 1. The number of carbonyl (C=O) groups is 2. The van der Waals surface area contributed by atoms with Crippen molar-refractivity contribution in [2.45, 2.75) is 33.9 Å². The van der Waals surface area contributed by atoms with E-state index in [9.17, 15) is 27.2 Å². The molecule has 0 aromatic heterocycles. The Labute approximate surface area is 190 Å². The fraction of sp³-hybridized carbons (Fsp3) is 0.250. The van der Waals surface area contributed by atoms with Crippen molar-refractivity contribution in [3.8, 4) is 5.75 Å². The molecule has 0 bridgehead atoms. The molecule has 0 saturated heterocycles. The maximum absolute atomic E-state index is 12.7. The molecule has 0 aliphatic rings. The van der Waals surface area contributed by atoms with Crippen molar-refractivity contribution in [1.29, 1.82) is 0 Å². The second-order valence-corrected chi connectivity index (χ2v) is 6.86. The molecule has 0 unspecified atom stereocenters. The second kappa shape index (κ2) is 12.4. The molecule has 0 heterocycles. The van der Waals surface area contributed by atoms with E-state index >= 15 is 0 Å². The first-order valence-corrected chi connectivity index (χ1v) is 9.93. The van der Waals surface area contributed by atoms with Gasteiger partial charge in [0.05, 0.1) is 11.3 Å². The van der Waals surface area contributed by atoms with Gasteiger partial charge in [-0.05, 0) is 69.2 Å². The number of nitrogens with one attached hydrogen (secondary N) is 1. The van der Waals surface area contributed by atoms with Crippen LogP contribution in [0.5, 0.6) is 5.75 Å². The molecule has 2 N–H and O–H groups in total. The van der Waals surface area contributed by atoms with Crippen LogP contribution in [0.1, 0.15) is 40.9 Å². The monoisotopic (exact) mass is 466 g/mol. The summed E-state index contributed by atoms with van der Waals surface area (Å²) in [6, 6.07) is 6.94. The Kier molecular flexibility index (Phi) is 10.3. The van der Waals surface area contributed by atoms with E-state index in [4.69, 9.17) is 5.11 Å². The Hall–Kier alpha value is -3.62. The van der Waals surface area contributed by atoms with Crippen molar-refractivity contribution in [3.05, 3.63) is 88.5 Å². The second-order valence-electron chi connectivity index (χ2n) is 6.86. The van der Waals surface area contributed by atoms with Crippen LogP contribution in [0.4, 0.5) is 17.6 Å². The molecule has 0 aliphatic carbocycles. The molecule has 0 radical (unpaired) electrons. The first-order valence-electron chi connectivity index (χ1n) is 9.93. The summed E-state index contributed by atoms with van der Waals surface area (Å²) in [5.41, 5.74) is 0.724. The number of hydrogen-bond acceptors (Lipinski definition) is 3. The molecular formula is C24H26F4N2O3. The molecule has 2 aromatic rings. The van der Waals surface area contributed by atoms with Gasteiger partial charge in [-0.3, -0.25) is 9.59 Å². The summed E-state index contributed by atoms with van der Waals surface area (Å²) in [5.74, 6) is -0.839. The average molecular weight is 466 g/mol. The third-order valence-electron chi connectivity index (χ3n) is 4.47. The lowest BCUT2D eigenvalue weighted by Gasteiger charge is -2.23. The fourth-order valence-electron chi connectivity index (χ4n) is 2.76. The predicted molar refractivity (Wildman–Crippen MR) is 118 cm³/mol. The number of hydrogen-bond donors (Lipinski definition) is 2. The lowest BCUT2D eigenvalue weighted by molar-refractivity contribution is -0.137. The van der Waals surface area contributed by atoms with Gasteiger partial charge in [-0.25, -0.2) is 4.39 Å². The SMILES string of the molecule is C/C=C\C(=C/NC=O)N(CC)C(=O)c1ccc(C(F)(F)F)cc1C.Cc1ccc(F)cc1O. The van der Waals surface area contributed by atoms with E-state index in [1.807, 2.05) is 0 Å². The zero-order chi connectivity index (χ0) is 25.2. The van der Waals surface area contributed by atoms with Gasteiger partial charge in [0.1, 0.15) is 11.6 Å². The van der Waals surface area contributed by atoms with Crippen molar-refractivity contribution in [2.24, 2.45) is 0 Å². The van der Waals surface area contributed by atoms with E-state index in [2.05, 4.69) is 5.32 Å². The standard InChI is InChI=1S/C17H19F3N2O2.C7H7FO/c1-4-6-14(10-21-11-23)22(5-2)16(24)15-8-7-13(9-12(15)3)17(18,19)20;1-5-2-3-6(8)4-7(5)9/h4,6-11H,5H2,1-3H3,(H,21,23);2-4,9H,1H3/b6-4-,14-10+;. The Bertz CT molecular complexity index is 1030. The fourth-order valence-corrected chi connectivity index (χ4v) is 2.76. The number of nitrogens with zero attached hydrogens (tertiary/aromatic N) is 1. The summed E-state index contributed by atoms with van der Waals surface area (Å²) in [7, 11) is 0. The molecule has 33 heavy (non-hydrogen) atoms. The van der Waals surface area contributed by atoms with Crippen molar-refractivity contribution < 1.29 is 32.3 Å². The number of aryl methyl sites for hydroxylation is 2. The summed E-state index contributed by atoms with van der Waals surface area (Å²) in [5, 5.41) is 11.2. The van der Waals surface area contributed by atoms with Crippen LogP contribution < -0.4 is 5.32 Å². The van der Waals surface area contributed by atoms with Crippen LogP contribution >= 0.6 is 0 Å². The Morgan fingerprint density at radius 2 is 1.79 bits per heavy atom. The van der Waals surface area contributed by atoms with E-state index in [0.29, 0.717) is 17.7 Å². The first kappa shape index (κ1) is 27.4. The van der Waals surface area contributed by atoms with Gasteiger partial charge < -0.3 is 15.3 Å². The van der Waals surface area contributed by atoms with Crippen LogP contribution in [-0.4, -0.2) is 28.9 Å². The number of allylic oxidation sites excluding steroid dienone is 2. The van der Waals surface area contributed by atoms with Gasteiger partial charge in [0.2, 0.25) is 6.41 Å². The number of carbonyl (C=O) groups excluding carboxylic acids is 2. The number of halogens is 4. The summed E-state index contributed by atoms with van der Waals surface area (Å²) in [6.07, 6.45) is 0.671. The quantitative estimate of drug-likeness (QED) is 0.337. The molecule has 0 spiro atoms. The van der Waals surface area contributed by atoms with Gasteiger partial charge in [0.15, 0.2) is 0 Å². The minimum atomic E-state index is -4.46. The van der Waals surface area contributed by atoms with Gasteiger partial charge in [0.25, 0.3) is 5.91 Å². The minimum Gasteiger partial charge on any atom is -0.508 e. The summed E-state index contributed by atoms with van der Waals surface area (Å²) < 4.78 is 50.4. The summed E-state index contributed by atoms with van der Waals surface area (Å²) in [4.78, 5) is 24.5. The summed E-state index contributed by atoms with van der Waals surface area (Å²) in [6.45, 7) is 6.94. The van der Waals surface area contributed by atoms with Crippen molar-refractivity contribution in [2.75, 3.05) is 6.54 Å².